The van der Waals surface area contributed by atoms with Gasteiger partial charge in [0.25, 0.3) is 5.91 Å². The highest BCUT2D eigenvalue weighted by Crippen LogP contribution is 2.37. The Kier molecular flexibility index (Phi) is 4.15. The van der Waals surface area contributed by atoms with E-state index in [4.69, 9.17) is 4.74 Å². The molecule has 1 fully saturated rings. The molecule has 2 aliphatic rings. The molecule has 0 aliphatic heterocycles. The van der Waals surface area contributed by atoms with Gasteiger partial charge in [-0.2, -0.15) is 0 Å². The Bertz CT molecular complexity index is 739. The van der Waals surface area contributed by atoms with Gasteiger partial charge in [0.2, 0.25) is 0 Å². The summed E-state index contributed by atoms with van der Waals surface area (Å²) in [5.41, 5.74) is 3.37. The first-order valence-corrected chi connectivity index (χ1v) is 8.64. The second-order valence-corrected chi connectivity index (χ2v) is 6.58. The number of fused-ring (bicyclic) bond motifs is 1. The van der Waals surface area contributed by atoms with Crippen molar-refractivity contribution in [2.75, 3.05) is 11.9 Å². The van der Waals surface area contributed by atoms with Crippen LogP contribution in [-0.4, -0.2) is 22.5 Å². The number of ether oxygens (including phenoxy) is 1. The number of hydrogen-bond acceptors (Lipinski definition) is 4. The molecule has 1 N–H and O–H groups in total. The minimum Gasteiger partial charge on any atom is -0.484 e. The zero-order chi connectivity index (χ0) is 16.4. The number of carbonyl (C=O) groups is 1. The first-order valence-electron chi connectivity index (χ1n) is 8.64. The van der Waals surface area contributed by atoms with Crippen molar-refractivity contribution in [2.24, 2.45) is 0 Å². The highest BCUT2D eigenvalue weighted by molar-refractivity contribution is 5.91. The topological polar surface area (TPSA) is 64.1 Å². The lowest BCUT2D eigenvalue weighted by Crippen LogP contribution is -2.20. The minimum absolute atomic E-state index is 0.0108. The molecule has 1 aromatic carbocycles. The summed E-state index contributed by atoms with van der Waals surface area (Å²) in [6.45, 7) is -0.0108. The molecule has 2 aromatic rings. The van der Waals surface area contributed by atoms with E-state index in [1.165, 1.54) is 36.8 Å². The van der Waals surface area contributed by atoms with Crippen molar-refractivity contribution in [1.29, 1.82) is 0 Å². The molecular weight excluding hydrogens is 302 g/mol. The second kappa shape index (κ2) is 6.59. The van der Waals surface area contributed by atoms with E-state index in [1.54, 1.807) is 12.4 Å². The number of anilines is 1. The number of nitrogens with one attached hydrogen (secondary N) is 1. The summed E-state index contributed by atoms with van der Waals surface area (Å²) in [6, 6.07) is 6.13. The number of hydrogen-bond donors (Lipinski definition) is 1. The van der Waals surface area contributed by atoms with Gasteiger partial charge in [0.05, 0.1) is 18.1 Å². The van der Waals surface area contributed by atoms with Gasteiger partial charge in [-0.25, -0.2) is 9.97 Å². The van der Waals surface area contributed by atoms with Gasteiger partial charge in [0.1, 0.15) is 11.6 Å². The molecular formula is C19H21N3O2. The van der Waals surface area contributed by atoms with Crippen molar-refractivity contribution in [3.8, 4) is 5.75 Å². The van der Waals surface area contributed by atoms with Gasteiger partial charge in [-0.1, -0.05) is 6.07 Å². The lowest BCUT2D eigenvalue weighted by Gasteiger charge is -2.16. The normalized spacial score (nSPS) is 16.3. The Labute approximate surface area is 141 Å². The molecule has 1 saturated carbocycles. The standard InChI is InChI=1S/C19H21N3O2/c23-18(22-16-10-20-19(21-11-16)14-5-6-14)12-24-17-8-7-13-3-1-2-4-15(13)9-17/h7-11,14H,1-6,12H2,(H,22,23). The summed E-state index contributed by atoms with van der Waals surface area (Å²) >= 11 is 0. The van der Waals surface area contributed by atoms with E-state index in [0.717, 1.165) is 24.4 Å². The Morgan fingerprint density at radius 1 is 1.12 bits per heavy atom. The fourth-order valence-corrected chi connectivity index (χ4v) is 3.10. The highest BCUT2D eigenvalue weighted by Gasteiger charge is 2.26. The molecule has 0 radical (unpaired) electrons. The fraction of sp³-hybridized carbons (Fsp3) is 0.421. The first-order chi connectivity index (χ1) is 11.8. The van der Waals surface area contributed by atoms with Gasteiger partial charge in [-0.15, -0.1) is 0 Å². The number of benzene rings is 1. The van der Waals surface area contributed by atoms with E-state index in [-0.39, 0.29) is 12.5 Å². The van der Waals surface area contributed by atoms with Crippen molar-refractivity contribution in [1.82, 2.24) is 9.97 Å². The van der Waals surface area contributed by atoms with Crippen LogP contribution in [0.4, 0.5) is 5.69 Å². The van der Waals surface area contributed by atoms with Crippen LogP contribution >= 0.6 is 0 Å². The van der Waals surface area contributed by atoms with Gasteiger partial charge in [-0.05, 0) is 61.8 Å². The molecule has 0 bridgehead atoms. The molecule has 2 aliphatic carbocycles. The second-order valence-electron chi connectivity index (χ2n) is 6.58. The molecule has 1 aromatic heterocycles. The van der Waals surface area contributed by atoms with E-state index < -0.39 is 0 Å². The van der Waals surface area contributed by atoms with Crippen LogP contribution in [0.2, 0.25) is 0 Å². The third-order valence-electron chi connectivity index (χ3n) is 4.59. The molecule has 0 atom stereocenters. The summed E-state index contributed by atoms with van der Waals surface area (Å²) < 4.78 is 5.63. The van der Waals surface area contributed by atoms with Gasteiger partial charge < -0.3 is 10.1 Å². The fourth-order valence-electron chi connectivity index (χ4n) is 3.10. The average molecular weight is 323 g/mol. The molecule has 5 nitrogen and oxygen atoms in total. The number of rotatable bonds is 5. The Hall–Kier alpha value is -2.43. The van der Waals surface area contributed by atoms with Crippen molar-refractivity contribution in [3.05, 3.63) is 47.5 Å². The van der Waals surface area contributed by atoms with Gasteiger partial charge in [0, 0.05) is 5.92 Å². The van der Waals surface area contributed by atoms with E-state index >= 15 is 0 Å². The Morgan fingerprint density at radius 2 is 1.88 bits per heavy atom. The molecule has 1 amide bonds. The van der Waals surface area contributed by atoms with Crippen LogP contribution in [0.3, 0.4) is 0 Å². The minimum atomic E-state index is -0.199. The van der Waals surface area contributed by atoms with Crippen molar-refractivity contribution < 1.29 is 9.53 Å². The van der Waals surface area contributed by atoms with E-state index in [2.05, 4.69) is 27.4 Å². The summed E-state index contributed by atoms with van der Waals surface area (Å²) in [5.74, 6) is 1.95. The molecule has 124 valence electrons. The predicted molar refractivity (Wildman–Crippen MR) is 91.2 cm³/mol. The van der Waals surface area contributed by atoms with E-state index in [1.807, 2.05) is 6.07 Å². The molecule has 24 heavy (non-hydrogen) atoms. The number of amides is 1. The maximum atomic E-state index is 12.0. The van der Waals surface area contributed by atoms with Crippen molar-refractivity contribution in [3.63, 3.8) is 0 Å². The van der Waals surface area contributed by atoms with Crippen LogP contribution in [0.15, 0.2) is 30.6 Å². The van der Waals surface area contributed by atoms with Gasteiger partial charge >= 0.3 is 0 Å². The van der Waals surface area contributed by atoms with Crippen molar-refractivity contribution in [2.45, 2.75) is 44.4 Å². The summed E-state index contributed by atoms with van der Waals surface area (Å²) in [4.78, 5) is 20.6. The maximum Gasteiger partial charge on any atom is 0.262 e. The third kappa shape index (κ3) is 3.55. The van der Waals surface area contributed by atoms with Crippen LogP contribution in [0.5, 0.6) is 5.75 Å². The lowest BCUT2D eigenvalue weighted by atomic mass is 9.92. The molecule has 0 unspecified atom stereocenters. The van der Waals surface area contributed by atoms with Gasteiger partial charge in [-0.3, -0.25) is 4.79 Å². The summed E-state index contributed by atoms with van der Waals surface area (Å²) in [7, 11) is 0. The molecule has 5 heteroatoms. The average Bonchev–Trinajstić information content (AvgIpc) is 3.46. The SMILES string of the molecule is O=C(COc1ccc2c(c1)CCCC2)Nc1cnc(C2CC2)nc1. The number of nitrogens with zero attached hydrogens (tertiary/aromatic N) is 2. The molecule has 4 rings (SSSR count). The van der Waals surface area contributed by atoms with Crippen LogP contribution in [-0.2, 0) is 17.6 Å². The Balaban J connectivity index is 1.31. The zero-order valence-corrected chi connectivity index (χ0v) is 13.6. The van der Waals surface area contributed by atoms with Crippen molar-refractivity contribution >= 4 is 11.6 Å². The predicted octanol–water partition coefficient (Wildman–Crippen LogP) is 3.25. The Morgan fingerprint density at radius 3 is 2.62 bits per heavy atom. The number of aryl methyl sites for hydroxylation is 2. The summed E-state index contributed by atoms with van der Waals surface area (Å²) in [5, 5.41) is 2.77. The van der Waals surface area contributed by atoms with Crippen LogP contribution in [0.25, 0.3) is 0 Å². The molecule has 0 spiro atoms. The van der Waals surface area contributed by atoms with Gasteiger partial charge in [0.15, 0.2) is 6.61 Å². The van der Waals surface area contributed by atoms with E-state index in [0.29, 0.717) is 11.6 Å². The number of aromatic nitrogens is 2. The smallest absolute Gasteiger partial charge is 0.262 e. The highest BCUT2D eigenvalue weighted by atomic mass is 16.5. The van der Waals surface area contributed by atoms with E-state index in [9.17, 15) is 4.79 Å². The third-order valence-corrected chi connectivity index (χ3v) is 4.59. The van der Waals surface area contributed by atoms with Crippen LogP contribution in [0, 0.1) is 0 Å². The summed E-state index contributed by atoms with van der Waals surface area (Å²) in [6.07, 6.45) is 10.4. The van der Waals surface area contributed by atoms with Crippen LogP contribution in [0.1, 0.15) is 48.6 Å². The number of carbonyl (C=O) groups excluding carboxylic acids is 1. The first kappa shape index (κ1) is 15.1. The van der Waals surface area contributed by atoms with Crippen LogP contribution < -0.4 is 10.1 Å². The quantitative estimate of drug-likeness (QED) is 0.917. The zero-order valence-electron chi connectivity index (χ0n) is 13.6. The monoisotopic (exact) mass is 323 g/mol. The molecule has 1 heterocycles. The maximum absolute atomic E-state index is 12.0. The largest absolute Gasteiger partial charge is 0.484 e. The molecule has 0 saturated heterocycles. The lowest BCUT2D eigenvalue weighted by molar-refractivity contribution is -0.118.